The molecule has 1 saturated carbocycles. The number of nitrogens with zero attached hydrogens (tertiary/aromatic N) is 1. The van der Waals surface area contributed by atoms with Crippen LogP contribution in [0.25, 0.3) is 0 Å². The summed E-state index contributed by atoms with van der Waals surface area (Å²) in [6.45, 7) is -0.131. The van der Waals surface area contributed by atoms with Gasteiger partial charge in [-0.3, -0.25) is 14.4 Å². The minimum atomic E-state index is -0.869. The van der Waals surface area contributed by atoms with Crippen LogP contribution in [0, 0.1) is 0 Å². The Bertz CT molecular complexity index is 1160. The van der Waals surface area contributed by atoms with Gasteiger partial charge in [0, 0.05) is 12.6 Å². The molecule has 3 aromatic rings. The topological polar surface area (TPSA) is 101 Å². The summed E-state index contributed by atoms with van der Waals surface area (Å²) < 4.78 is 10.5. The summed E-state index contributed by atoms with van der Waals surface area (Å²) in [7, 11) is 1.58. The third-order valence-corrected chi connectivity index (χ3v) is 6.33. The van der Waals surface area contributed by atoms with Crippen LogP contribution in [0.1, 0.15) is 53.4 Å². The lowest BCUT2D eigenvalue weighted by molar-refractivity contribution is -0.141. The molecule has 0 aliphatic heterocycles. The molecule has 4 rings (SSSR count). The number of hydrogen-bond donors (Lipinski definition) is 2. The lowest BCUT2D eigenvalue weighted by Gasteiger charge is -2.32. The number of hydrogen-bond acceptors (Lipinski definition) is 5. The minimum Gasteiger partial charge on any atom is -0.497 e. The van der Waals surface area contributed by atoms with E-state index in [0.717, 1.165) is 31.2 Å². The Morgan fingerprint density at radius 3 is 2.50 bits per heavy atom. The molecule has 0 bridgehead atoms. The van der Waals surface area contributed by atoms with Crippen LogP contribution >= 0.6 is 0 Å². The van der Waals surface area contributed by atoms with Gasteiger partial charge in [-0.1, -0.05) is 55.3 Å². The fraction of sp³-hybridized carbons (Fsp3) is 0.321. The van der Waals surface area contributed by atoms with Gasteiger partial charge in [-0.25, -0.2) is 0 Å². The van der Waals surface area contributed by atoms with Crippen LogP contribution in [0.2, 0.25) is 0 Å². The maximum Gasteiger partial charge on any atom is 0.287 e. The van der Waals surface area contributed by atoms with Gasteiger partial charge in [0.05, 0.1) is 19.9 Å². The van der Waals surface area contributed by atoms with Crippen molar-refractivity contribution in [1.82, 2.24) is 15.5 Å². The molecule has 8 nitrogen and oxygen atoms in total. The van der Waals surface area contributed by atoms with Crippen LogP contribution in [-0.2, 0) is 16.1 Å². The molecule has 0 saturated heterocycles. The molecule has 1 atom stereocenters. The molecule has 1 aliphatic carbocycles. The molecule has 2 N–H and O–H groups in total. The molecule has 1 aromatic heterocycles. The first-order valence-electron chi connectivity index (χ1n) is 12.1. The number of benzene rings is 2. The summed E-state index contributed by atoms with van der Waals surface area (Å²) in [6.07, 6.45) is 5.40. The van der Waals surface area contributed by atoms with Gasteiger partial charge in [-0.15, -0.1) is 0 Å². The third-order valence-electron chi connectivity index (χ3n) is 6.33. The molecular formula is C28H31N3O5. The first-order chi connectivity index (χ1) is 17.5. The lowest BCUT2D eigenvalue weighted by Crippen LogP contribution is -2.48. The molecule has 3 amide bonds. The standard InChI is InChI=1S/C28H31N3O5/c1-35-23-14-7-9-20(17-23)19-31(25(32)18-29-27(33)24-15-8-16-36-24)26(21-10-3-2-4-11-21)28(34)30-22-12-5-6-13-22/h2-4,7-11,14-17,22,26H,5-6,12-13,18-19H2,1H3,(H,29,33)(H,30,34)/t26-/m1/s1. The van der Waals surface area contributed by atoms with Crippen LogP contribution in [0.5, 0.6) is 5.75 Å². The largest absolute Gasteiger partial charge is 0.497 e. The highest BCUT2D eigenvalue weighted by molar-refractivity contribution is 5.95. The zero-order valence-corrected chi connectivity index (χ0v) is 20.3. The molecule has 1 fully saturated rings. The minimum absolute atomic E-state index is 0.0936. The van der Waals surface area contributed by atoms with Crippen LogP contribution in [-0.4, -0.2) is 42.3 Å². The van der Waals surface area contributed by atoms with Crippen LogP contribution in [0.4, 0.5) is 0 Å². The highest BCUT2D eigenvalue weighted by Crippen LogP contribution is 2.26. The van der Waals surface area contributed by atoms with Crippen molar-refractivity contribution < 1.29 is 23.5 Å². The Balaban J connectivity index is 1.63. The highest BCUT2D eigenvalue weighted by Gasteiger charge is 2.33. The Hall–Kier alpha value is -4.07. The van der Waals surface area contributed by atoms with Gasteiger partial charge in [-0.2, -0.15) is 0 Å². The zero-order valence-electron chi connectivity index (χ0n) is 20.3. The number of nitrogens with one attached hydrogen (secondary N) is 2. The van der Waals surface area contributed by atoms with Crippen molar-refractivity contribution in [2.24, 2.45) is 0 Å². The molecule has 1 heterocycles. The first kappa shape index (κ1) is 25.0. The number of carbonyl (C=O) groups excluding carboxylic acids is 3. The van der Waals surface area contributed by atoms with Crippen LogP contribution in [0.3, 0.4) is 0 Å². The van der Waals surface area contributed by atoms with E-state index in [1.165, 1.54) is 17.2 Å². The van der Waals surface area contributed by atoms with Crippen molar-refractivity contribution in [2.75, 3.05) is 13.7 Å². The fourth-order valence-electron chi connectivity index (χ4n) is 4.50. The summed E-state index contributed by atoms with van der Waals surface area (Å²) in [6, 6.07) is 19.0. The fourth-order valence-corrected chi connectivity index (χ4v) is 4.50. The van der Waals surface area contributed by atoms with Crippen molar-refractivity contribution in [1.29, 1.82) is 0 Å². The number of rotatable bonds is 10. The molecule has 36 heavy (non-hydrogen) atoms. The Kier molecular flexibility index (Phi) is 8.39. The van der Waals surface area contributed by atoms with Crippen LogP contribution < -0.4 is 15.4 Å². The lowest BCUT2D eigenvalue weighted by atomic mass is 10.0. The van der Waals surface area contributed by atoms with Crippen molar-refractivity contribution in [3.63, 3.8) is 0 Å². The number of ether oxygens (including phenoxy) is 1. The Morgan fingerprint density at radius 2 is 1.81 bits per heavy atom. The number of methoxy groups -OCH3 is 1. The molecule has 8 heteroatoms. The van der Waals surface area contributed by atoms with E-state index < -0.39 is 17.9 Å². The van der Waals surface area contributed by atoms with Gasteiger partial charge < -0.3 is 24.7 Å². The van der Waals surface area contributed by atoms with Crippen molar-refractivity contribution in [3.8, 4) is 5.75 Å². The highest BCUT2D eigenvalue weighted by atomic mass is 16.5. The number of carbonyl (C=O) groups is 3. The van der Waals surface area contributed by atoms with Crippen LogP contribution in [0.15, 0.2) is 77.4 Å². The molecule has 188 valence electrons. The molecule has 1 aliphatic rings. The second-order valence-electron chi connectivity index (χ2n) is 8.84. The Labute approximate surface area is 210 Å². The molecule has 2 aromatic carbocycles. The van der Waals surface area contributed by atoms with Crippen molar-refractivity contribution in [2.45, 2.75) is 44.3 Å². The zero-order chi connectivity index (χ0) is 25.3. The molecular weight excluding hydrogens is 458 g/mol. The molecule has 0 unspecified atom stereocenters. The van der Waals surface area contributed by atoms with E-state index in [-0.39, 0.29) is 30.8 Å². The summed E-state index contributed by atoms with van der Waals surface area (Å²) in [5.41, 5.74) is 1.50. The van der Waals surface area contributed by atoms with E-state index in [0.29, 0.717) is 11.3 Å². The van der Waals surface area contributed by atoms with Crippen molar-refractivity contribution in [3.05, 3.63) is 89.9 Å². The van der Waals surface area contributed by atoms with E-state index in [4.69, 9.17) is 9.15 Å². The maximum absolute atomic E-state index is 13.7. The Morgan fingerprint density at radius 1 is 1.03 bits per heavy atom. The maximum atomic E-state index is 13.7. The first-order valence-corrected chi connectivity index (χ1v) is 12.1. The smallest absolute Gasteiger partial charge is 0.287 e. The van der Waals surface area contributed by atoms with Gasteiger partial charge in [-0.05, 0) is 48.2 Å². The van der Waals surface area contributed by atoms with E-state index in [1.807, 2.05) is 54.6 Å². The predicted molar refractivity (Wildman–Crippen MR) is 134 cm³/mol. The average molecular weight is 490 g/mol. The van der Waals surface area contributed by atoms with Crippen molar-refractivity contribution >= 4 is 17.7 Å². The van der Waals surface area contributed by atoms with Gasteiger partial charge in [0.2, 0.25) is 11.8 Å². The number of furan rings is 1. The average Bonchev–Trinajstić information content (AvgIpc) is 3.62. The van der Waals surface area contributed by atoms with E-state index in [1.54, 1.807) is 13.2 Å². The molecule has 0 spiro atoms. The summed E-state index contributed by atoms with van der Waals surface area (Å²) in [5.74, 6) is -0.366. The van der Waals surface area contributed by atoms with Gasteiger partial charge in [0.1, 0.15) is 11.8 Å². The summed E-state index contributed by atoms with van der Waals surface area (Å²) >= 11 is 0. The third kappa shape index (κ3) is 6.33. The van der Waals surface area contributed by atoms with Gasteiger partial charge >= 0.3 is 0 Å². The van der Waals surface area contributed by atoms with E-state index in [2.05, 4.69) is 10.6 Å². The SMILES string of the molecule is COc1cccc(CN(C(=O)CNC(=O)c2ccco2)[C@@H](C(=O)NC2CCCC2)c2ccccc2)c1. The van der Waals surface area contributed by atoms with E-state index in [9.17, 15) is 14.4 Å². The molecule has 0 radical (unpaired) electrons. The van der Waals surface area contributed by atoms with E-state index >= 15 is 0 Å². The second-order valence-corrected chi connectivity index (χ2v) is 8.84. The second kappa shape index (κ2) is 12.1. The number of amides is 3. The van der Waals surface area contributed by atoms with Gasteiger partial charge in [0.25, 0.3) is 5.91 Å². The predicted octanol–water partition coefficient (Wildman–Crippen LogP) is 3.85. The summed E-state index contributed by atoms with van der Waals surface area (Å²) in [5, 5.41) is 5.76. The quantitative estimate of drug-likeness (QED) is 0.451. The normalized spacial score (nSPS) is 14.1. The monoisotopic (exact) mass is 489 g/mol. The van der Waals surface area contributed by atoms with Gasteiger partial charge in [0.15, 0.2) is 5.76 Å². The summed E-state index contributed by atoms with van der Waals surface area (Å²) in [4.78, 5) is 41.2.